The summed E-state index contributed by atoms with van der Waals surface area (Å²) in [6, 6.07) is 22.0. The standard InChI is InChI=1S/C25H30Si/c1-3-5-17-21-22(18-6-4-2)25(26)24(20-15-11-8-12-16-20)23(21)19-13-9-7-10-14-19/h7-16H,3-6,17-18,26H2,1-2H3. The molecule has 0 spiro atoms. The van der Waals surface area contributed by atoms with E-state index in [-0.39, 0.29) is 0 Å². The van der Waals surface area contributed by atoms with E-state index in [1.165, 1.54) is 66.0 Å². The summed E-state index contributed by atoms with van der Waals surface area (Å²) in [5.41, 5.74) is 8.91. The van der Waals surface area contributed by atoms with Gasteiger partial charge in [0.25, 0.3) is 0 Å². The number of benzene rings is 2. The van der Waals surface area contributed by atoms with Gasteiger partial charge in [-0.05, 0) is 74.1 Å². The van der Waals surface area contributed by atoms with Crippen molar-refractivity contribution in [2.24, 2.45) is 0 Å². The number of allylic oxidation sites excluding steroid dienone is 4. The Kier molecular flexibility index (Phi) is 6.57. The summed E-state index contributed by atoms with van der Waals surface area (Å²) >= 11 is 0. The van der Waals surface area contributed by atoms with Crippen LogP contribution in [0, 0.1) is 0 Å². The maximum atomic E-state index is 2.30. The van der Waals surface area contributed by atoms with Crippen molar-refractivity contribution in [3.8, 4) is 0 Å². The van der Waals surface area contributed by atoms with E-state index < -0.39 is 0 Å². The molecule has 0 aromatic heterocycles. The highest BCUT2D eigenvalue weighted by molar-refractivity contribution is 6.63. The van der Waals surface area contributed by atoms with Crippen LogP contribution in [-0.4, -0.2) is 15.0 Å². The average molecular weight is 359 g/mol. The molecule has 2 aromatic carbocycles. The first kappa shape index (κ1) is 18.8. The minimum absolute atomic E-state index is 1.19. The molecule has 1 heteroatoms. The fourth-order valence-electron chi connectivity index (χ4n) is 3.92. The first-order valence-corrected chi connectivity index (χ1v) is 10.8. The number of unbranched alkanes of at least 4 members (excludes halogenated alkanes) is 2. The quantitative estimate of drug-likeness (QED) is 0.501. The fourth-order valence-corrected chi connectivity index (χ4v) is 4.69. The molecule has 2 aromatic rings. The van der Waals surface area contributed by atoms with E-state index in [1.54, 1.807) is 11.1 Å². The SMILES string of the molecule is CCCCC1=C(CCCC)C(c2ccccc2)=C(c2ccccc2)C1=[SiH2]. The van der Waals surface area contributed by atoms with E-state index in [1.807, 2.05) is 0 Å². The van der Waals surface area contributed by atoms with Gasteiger partial charge in [0, 0.05) is 0 Å². The first-order valence-electron chi connectivity index (χ1n) is 10.0. The van der Waals surface area contributed by atoms with Crippen LogP contribution in [0.4, 0.5) is 0 Å². The molecule has 0 nitrogen and oxygen atoms in total. The third-order valence-corrected chi connectivity index (χ3v) is 6.05. The van der Waals surface area contributed by atoms with Gasteiger partial charge in [-0.2, -0.15) is 0 Å². The minimum atomic E-state index is 1.19. The molecule has 26 heavy (non-hydrogen) atoms. The van der Waals surface area contributed by atoms with Crippen molar-refractivity contribution in [3.63, 3.8) is 0 Å². The molecule has 0 unspecified atom stereocenters. The third kappa shape index (κ3) is 3.88. The van der Waals surface area contributed by atoms with Crippen LogP contribution in [0.3, 0.4) is 0 Å². The van der Waals surface area contributed by atoms with Crippen molar-refractivity contribution in [3.05, 3.63) is 82.9 Å². The van der Waals surface area contributed by atoms with Crippen molar-refractivity contribution < 1.29 is 0 Å². The molecule has 0 aliphatic heterocycles. The highest BCUT2D eigenvalue weighted by Crippen LogP contribution is 2.44. The normalized spacial score (nSPS) is 14.5. The van der Waals surface area contributed by atoms with Crippen LogP contribution >= 0.6 is 0 Å². The zero-order chi connectivity index (χ0) is 18.4. The third-order valence-electron chi connectivity index (χ3n) is 5.27. The highest BCUT2D eigenvalue weighted by Gasteiger charge is 2.28. The van der Waals surface area contributed by atoms with Gasteiger partial charge in [0.15, 0.2) is 0 Å². The summed E-state index contributed by atoms with van der Waals surface area (Å²) < 4.78 is 0. The molecule has 0 saturated carbocycles. The predicted molar refractivity (Wildman–Crippen MR) is 119 cm³/mol. The molecular weight excluding hydrogens is 328 g/mol. The lowest BCUT2D eigenvalue weighted by atomic mass is 9.91. The van der Waals surface area contributed by atoms with E-state index in [0.29, 0.717) is 0 Å². The summed E-state index contributed by atoms with van der Waals surface area (Å²) in [6.45, 7) is 4.59. The second-order valence-electron chi connectivity index (χ2n) is 7.12. The zero-order valence-electron chi connectivity index (χ0n) is 16.2. The van der Waals surface area contributed by atoms with Gasteiger partial charge in [0.1, 0.15) is 0 Å². The fraction of sp³-hybridized carbons (Fsp3) is 0.320. The van der Waals surface area contributed by atoms with Gasteiger partial charge >= 0.3 is 0 Å². The predicted octanol–water partition coefficient (Wildman–Crippen LogP) is 6.09. The smallest absolute Gasteiger partial charge is 0.00688 e. The lowest BCUT2D eigenvalue weighted by Gasteiger charge is -2.13. The van der Waals surface area contributed by atoms with Crippen LogP contribution < -0.4 is 0 Å². The summed E-state index contributed by atoms with van der Waals surface area (Å²) in [4.78, 5) is 0. The summed E-state index contributed by atoms with van der Waals surface area (Å²) in [6.07, 6.45) is 7.44. The minimum Gasteiger partial charge on any atom is -0.0654 e. The Morgan fingerprint density at radius 1 is 0.615 bits per heavy atom. The maximum absolute atomic E-state index is 2.30. The van der Waals surface area contributed by atoms with Gasteiger partial charge in [-0.1, -0.05) is 87.4 Å². The lowest BCUT2D eigenvalue weighted by molar-refractivity contribution is 0.773. The van der Waals surface area contributed by atoms with Crippen molar-refractivity contribution in [2.45, 2.75) is 52.4 Å². The molecule has 0 atom stereocenters. The van der Waals surface area contributed by atoms with Gasteiger partial charge in [0.05, 0.1) is 0 Å². The summed E-state index contributed by atoms with van der Waals surface area (Å²) in [5, 5.41) is 1.52. The monoisotopic (exact) mass is 358 g/mol. The Bertz CT molecular complexity index is 810. The second-order valence-corrected chi connectivity index (χ2v) is 7.83. The van der Waals surface area contributed by atoms with Gasteiger partial charge in [-0.15, -0.1) is 0 Å². The molecule has 134 valence electrons. The molecule has 1 aliphatic carbocycles. The molecule has 0 fully saturated rings. The van der Waals surface area contributed by atoms with Crippen molar-refractivity contribution in [1.82, 2.24) is 0 Å². The average Bonchev–Trinajstić information content (AvgIpc) is 2.97. The van der Waals surface area contributed by atoms with Gasteiger partial charge in [-0.25, -0.2) is 0 Å². The summed E-state index contributed by atoms with van der Waals surface area (Å²) in [7, 11) is 2.10. The summed E-state index contributed by atoms with van der Waals surface area (Å²) in [5.74, 6) is 0. The molecule has 0 saturated heterocycles. The Balaban J connectivity index is 2.18. The van der Waals surface area contributed by atoms with E-state index in [2.05, 4.69) is 84.4 Å². The Hall–Kier alpha value is -1.99. The van der Waals surface area contributed by atoms with Crippen LogP contribution in [0.1, 0.15) is 63.5 Å². The van der Waals surface area contributed by atoms with Crippen LogP contribution in [0.2, 0.25) is 0 Å². The molecule has 0 radical (unpaired) electrons. The molecule has 0 heterocycles. The largest absolute Gasteiger partial charge is 0.0654 e. The van der Waals surface area contributed by atoms with E-state index >= 15 is 0 Å². The van der Waals surface area contributed by atoms with Crippen molar-refractivity contribution in [1.29, 1.82) is 0 Å². The Morgan fingerprint density at radius 2 is 1.08 bits per heavy atom. The number of hydrogen-bond donors (Lipinski definition) is 0. The lowest BCUT2D eigenvalue weighted by Crippen LogP contribution is -2.03. The van der Waals surface area contributed by atoms with Crippen LogP contribution in [0.5, 0.6) is 0 Å². The molecular formula is C25H30Si. The van der Waals surface area contributed by atoms with Gasteiger partial charge < -0.3 is 0 Å². The highest BCUT2D eigenvalue weighted by atomic mass is 28.1. The van der Waals surface area contributed by atoms with E-state index in [9.17, 15) is 0 Å². The number of hydrogen-bond acceptors (Lipinski definition) is 0. The Labute approximate surface area is 161 Å². The van der Waals surface area contributed by atoms with Gasteiger partial charge in [-0.3, -0.25) is 0 Å². The van der Waals surface area contributed by atoms with Crippen molar-refractivity contribution >= 4 is 26.2 Å². The molecule has 3 rings (SSSR count). The zero-order valence-corrected chi connectivity index (χ0v) is 17.6. The maximum Gasteiger partial charge on any atom is -0.00688 e. The molecule has 0 bridgehead atoms. The van der Waals surface area contributed by atoms with Gasteiger partial charge in [0.2, 0.25) is 0 Å². The Morgan fingerprint density at radius 3 is 1.58 bits per heavy atom. The molecule has 1 aliphatic rings. The van der Waals surface area contributed by atoms with Crippen LogP contribution in [-0.2, 0) is 0 Å². The topological polar surface area (TPSA) is 0 Å². The number of rotatable bonds is 8. The first-order chi connectivity index (χ1) is 12.8. The van der Waals surface area contributed by atoms with Crippen LogP contribution in [0.15, 0.2) is 71.8 Å². The van der Waals surface area contributed by atoms with E-state index in [4.69, 9.17) is 0 Å². The molecule has 0 N–H and O–H groups in total. The van der Waals surface area contributed by atoms with E-state index in [0.717, 1.165) is 0 Å². The second kappa shape index (κ2) is 9.09. The van der Waals surface area contributed by atoms with Crippen molar-refractivity contribution in [2.75, 3.05) is 0 Å². The van der Waals surface area contributed by atoms with Crippen LogP contribution in [0.25, 0.3) is 11.1 Å². The molecule has 0 amide bonds.